The first-order valence-corrected chi connectivity index (χ1v) is 11.1. The summed E-state index contributed by atoms with van der Waals surface area (Å²) in [5.74, 6) is 0.311. The van der Waals surface area contributed by atoms with E-state index in [0.717, 1.165) is 42.1 Å². The normalized spacial score (nSPS) is 20.3. The van der Waals surface area contributed by atoms with E-state index in [4.69, 9.17) is 18.9 Å². The fourth-order valence-corrected chi connectivity index (χ4v) is 4.19. The lowest BCUT2D eigenvalue weighted by Gasteiger charge is -2.35. The molecule has 1 unspecified atom stereocenters. The van der Waals surface area contributed by atoms with Crippen LogP contribution >= 0.6 is 0 Å². The smallest absolute Gasteiger partial charge is 0.410 e. The number of ether oxygens (including phenoxy) is 4. The maximum absolute atomic E-state index is 12.4. The lowest BCUT2D eigenvalue weighted by molar-refractivity contribution is -0.138. The molecule has 2 heterocycles. The standard InChI is InChI=1S/C25H32N2O5/c1-25(2)31-18-22(32-25)16-20-15-21(9-10-23(20)29-3)26-11-13-27(14-12-26)24(28)30-17-19-7-5-4-6-8-19/h4-10,15,22H,11-14,16-18H2,1-3H3. The molecule has 1 amide bonds. The molecule has 2 aromatic rings. The molecule has 0 bridgehead atoms. The Morgan fingerprint density at radius 3 is 2.50 bits per heavy atom. The molecule has 2 aromatic carbocycles. The molecule has 0 N–H and O–H groups in total. The largest absolute Gasteiger partial charge is 0.496 e. The van der Waals surface area contributed by atoms with Crippen LogP contribution in [0.25, 0.3) is 0 Å². The van der Waals surface area contributed by atoms with Crippen molar-refractivity contribution < 1.29 is 23.7 Å². The molecule has 7 heteroatoms. The third kappa shape index (κ3) is 5.53. The van der Waals surface area contributed by atoms with Crippen LogP contribution in [0.3, 0.4) is 0 Å². The Morgan fingerprint density at radius 1 is 1.09 bits per heavy atom. The van der Waals surface area contributed by atoms with Crippen LogP contribution in [0.15, 0.2) is 48.5 Å². The molecule has 4 rings (SSSR count). The predicted molar refractivity (Wildman–Crippen MR) is 122 cm³/mol. The predicted octanol–water partition coefficient (Wildman–Crippen LogP) is 3.85. The number of methoxy groups -OCH3 is 1. The van der Waals surface area contributed by atoms with E-state index < -0.39 is 5.79 Å². The van der Waals surface area contributed by atoms with Gasteiger partial charge in [0.2, 0.25) is 0 Å². The van der Waals surface area contributed by atoms with Gasteiger partial charge in [0.25, 0.3) is 0 Å². The van der Waals surface area contributed by atoms with Crippen molar-refractivity contribution in [2.24, 2.45) is 0 Å². The van der Waals surface area contributed by atoms with Crippen LogP contribution in [0, 0.1) is 0 Å². The molecule has 0 spiro atoms. The molecule has 1 atom stereocenters. The van der Waals surface area contributed by atoms with Gasteiger partial charge in [-0.2, -0.15) is 0 Å². The fourth-order valence-electron chi connectivity index (χ4n) is 4.19. The second kappa shape index (κ2) is 9.79. The Balaban J connectivity index is 1.33. The first kappa shape index (κ1) is 22.4. The lowest BCUT2D eigenvalue weighted by Crippen LogP contribution is -2.49. The number of piperazine rings is 1. The van der Waals surface area contributed by atoms with Gasteiger partial charge in [-0.05, 0) is 43.2 Å². The molecule has 172 valence electrons. The average Bonchev–Trinajstić information content (AvgIpc) is 3.16. The second-order valence-electron chi connectivity index (χ2n) is 8.67. The van der Waals surface area contributed by atoms with E-state index in [-0.39, 0.29) is 12.2 Å². The highest BCUT2D eigenvalue weighted by molar-refractivity contribution is 5.68. The summed E-state index contributed by atoms with van der Waals surface area (Å²) in [5, 5.41) is 0. The van der Waals surface area contributed by atoms with E-state index in [2.05, 4.69) is 17.0 Å². The minimum atomic E-state index is -0.541. The molecule has 0 aromatic heterocycles. The van der Waals surface area contributed by atoms with Gasteiger partial charge in [-0.25, -0.2) is 4.79 Å². The van der Waals surface area contributed by atoms with Crippen molar-refractivity contribution in [3.05, 3.63) is 59.7 Å². The van der Waals surface area contributed by atoms with Crippen molar-refractivity contribution in [2.45, 2.75) is 38.8 Å². The fraction of sp³-hybridized carbons (Fsp3) is 0.480. The first-order valence-electron chi connectivity index (χ1n) is 11.1. The number of nitrogens with zero attached hydrogens (tertiary/aromatic N) is 2. The SMILES string of the molecule is COc1ccc(N2CCN(C(=O)OCc3ccccc3)CC2)cc1CC1COC(C)(C)O1. The molecule has 0 saturated carbocycles. The zero-order valence-electron chi connectivity index (χ0n) is 19.1. The summed E-state index contributed by atoms with van der Waals surface area (Å²) in [6.07, 6.45) is 0.474. The Morgan fingerprint density at radius 2 is 1.84 bits per heavy atom. The second-order valence-corrected chi connectivity index (χ2v) is 8.67. The molecule has 2 saturated heterocycles. The number of amides is 1. The third-order valence-corrected chi connectivity index (χ3v) is 5.89. The van der Waals surface area contributed by atoms with E-state index >= 15 is 0 Å². The number of rotatable bonds is 6. The van der Waals surface area contributed by atoms with Crippen LogP contribution in [0.1, 0.15) is 25.0 Å². The third-order valence-electron chi connectivity index (χ3n) is 5.89. The van der Waals surface area contributed by atoms with Gasteiger partial charge in [-0.15, -0.1) is 0 Å². The molecule has 0 radical (unpaired) electrons. The van der Waals surface area contributed by atoms with Crippen molar-refractivity contribution in [3.8, 4) is 5.75 Å². The summed E-state index contributed by atoms with van der Waals surface area (Å²) < 4.78 is 22.7. The molecule has 2 fully saturated rings. The summed E-state index contributed by atoms with van der Waals surface area (Å²) in [7, 11) is 1.69. The van der Waals surface area contributed by atoms with Crippen LogP contribution in [0.5, 0.6) is 5.75 Å². The highest BCUT2D eigenvalue weighted by atomic mass is 16.7. The van der Waals surface area contributed by atoms with Gasteiger partial charge in [-0.1, -0.05) is 30.3 Å². The minimum Gasteiger partial charge on any atom is -0.496 e. The maximum atomic E-state index is 12.4. The van der Waals surface area contributed by atoms with E-state index in [1.165, 1.54) is 0 Å². The van der Waals surface area contributed by atoms with Gasteiger partial charge in [0.15, 0.2) is 5.79 Å². The maximum Gasteiger partial charge on any atom is 0.410 e. The molecule has 7 nitrogen and oxygen atoms in total. The van der Waals surface area contributed by atoms with Gasteiger partial charge in [0.1, 0.15) is 12.4 Å². The van der Waals surface area contributed by atoms with E-state index in [0.29, 0.717) is 26.3 Å². The van der Waals surface area contributed by atoms with Crippen molar-refractivity contribution in [2.75, 3.05) is 44.8 Å². The van der Waals surface area contributed by atoms with Crippen LogP contribution in [-0.4, -0.2) is 62.8 Å². The first-order chi connectivity index (χ1) is 15.4. The van der Waals surface area contributed by atoms with Crippen molar-refractivity contribution in [1.82, 2.24) is 4.90 Å². The Kier molecular flexibility index (Phi) is 6.86. The van der Waals surface area contributed by atoms with Crippen molar-refractivity contribution >= 4 is 11.8 Å². The van der Waals surface area contributed by atoms with Crippen LogP contribution in [-0.2, 0) is 27.2 Å². The van der Waals surface area contributed by atoms with E-state index in [9.17, 15) is 4.79 Å². The minimum absolute atomic E-state index is 0.00498. The monoisotopic (exact) mass is 440 g/mol. The zero-order valence-corrected chi connectivity index (χ0v) is 19.1. The van der Waals surface area contributed by atoms with E-state index in [1.54, 1.807) is 12.0 Å². The number of carbonyl (C=O) groups excluding carboxylic acids is 1. The Bertz CT molecular complexity index is 910. The molecule has 0 aliphatic carbocycles. The number of benzene rings is 2. The zero-order chi connectivity index (χ0) is 22.6. The summed E-state index contributed by atoms with van der Waals surface area (Å²) in [6, 6.07) is 16.0. The average molecular weight is 441 g/mol. The van der Waals surface area contributed by atoms with Gasteiger partial charge in [0, 0.05) is 38.3 Å². The van der Waals surface area contributed by atoms with E-state index in [1.807, 2.05) is 50.2 Å². The van der Waals surface area contributed by atoms with Gasteiger partial charge < -0.3 is 28.7 Å². The summed E-state index contributed by atoms with van der Waals surface area (Å²) in [4.78, 5) is 16.5. The van der Waals surface area contributed by atoms with Gasteiger partial charge in [0.05, 0.1) is 19.8 Å². The number of carbonyl (C=O) groups is 1. The molecule has 32 heavy (non-hydrogen) atoms. The Hall–Kier alpha value is -2.77. The molecule has 2 aliphatic rings. The number of hydrogen-bond acceptors (Lipinski definition) is 6. The van der Waals surface area contributed by atoms with Gasteiger partial charge in [-0.3, -0.25) is 0 Å². The highest BCUT2D eigenvalue weighted by Gasteiger charge is 2.33. The summed E-state index contributed by atoms with van der Waals surface area (Å²) >= 11 is 0. The topological polar surface area (TPSA) is 60.5 Å². The van der Waals surface area contributed by atoms with Crippen molar-refractivity contribution in [3.63, 3.8) is 0 Å². The van der Waals surface area contributed by atoms with Crippen molar-refractivity contribution in [1.29, 1.82) is 0 Å². The highest BCUT2D eigenvalue weighted by Crippen LogP contribution is 2.31. The van der Waals surface area contributed by atoms with Gasteiger partial charge >= 0.3 is 6.09 Å². The number of anilines is 1. The number of hydrogen-bond donors (Lipinski definition) is 0. The van der Waals surface area contributed by atoms with Crippen LogP contribution < -0.4 is 9.64 Å². The molecule has 2 aliphatic heterocycles. The molecular weight excluding hydrogens is 408 g/mol. The lowest BCUT2D eigenvalue weighted by atomic mass is 10.1. The Labute approximate surface area is 189 Å². The van der Waals surface area contributed by atoms with Crippen LogP contribution in [0.2, 0.25) is 0 Å². The van der Waals surface area contributed by atoms with Crippen LogP contribution in [0.4, 0.5) is 10.5 Å². The quantitative estimate of drug-likeness (QED) is 0.680. The summed E-state index contributed by atoms with van der Waals surface area (Å²) in [5.41, 5.74) is 3.21. The molecular formula is C25H32N2O5. The summed E-state index contributed by atoms with van der Waals surface area (Å²) in [6.45, 7) is 7.50.